The minimum absolute atomic E-state index is 0.00542. The number of benzene rings is 1. The number of anilines is 1. The third kappa shape index (κ3) is 2.92. The van der Waals surface area contributed by atoms with E-state index in [9.17, 15) is 4.79 Å². The molecule has 124 valence electrons. The number of thiazole rings is 1. The Bertz CT molecular complexity index is 811. The van der Waals surface area contributed by atoms with Crippen LogP contribution in [0.15, 0.2) is 36.7 Å². The van der Waals surface area contributed by atoms with Crippen LogP contribution in [0, 0.1) is 0 Å². The molecule has 0 aliphatic carbocycles. The molecule has 0 bridgehead atoms. The molecule has 2 N–H and O–H groups in total. The maximum absolute atomic E-state index is 12.6. The summed E-state index contributed by atoms with van der Waals surface area (Å²) in [4.78, 5) is 26.7. The monoisotopic (exact) mass is 341 g/mol. The molecule has 0 spiro atoms. The number of H-pyrrole nitrogens is 1. The Morgan fingerprint density at radius 1 is 1.46 bits per heavy atom. The molecule has 6 nitrogen and oxygen atoms in total. The summed E-state index contributed by atoms with van der Waals surface area (Å²) >= 11 is 1.51. The van der Waals surface area contributed by atoms with Crippen LogP contribution in [0.1, 0.15) is 25.1 Å². The highest BCUT2D eigenvalue weighted by Gasteiger charge is 2.31. The number of nitrogens with one attached hydrogen (secondary N) is 2. The molecule has 2 aromatic heterocycles. The largest absolute Gasteiger partial charge is 0.348 e. The van der Waals surface area contributed by atoms with Gasteiger partial charge in [-0.2, -0.15) is 0 Å². The van der Waals surface area contributed by atoms with Crippen molar-refractivity contribution in [2.45, 2.75) is 25.3 Å². The molecule has 0 saturated carbocycles. The van der Waals surface area contributed by atoms with E-state index in [-0.39, 0.29) is 11.9 Å². The summed E-state index contributed by atoms with van der Waals surface area (Å²) in [6.45, 7) is 3.70. The fourth-order valence-electron chi connectivity index (χ4n) is 3.16. The Morgan fingerprint density at radius 3 is 3.12 bits per heavy atom. The first-order valence-corrected chi connectivity index (χ1v) is 8.92. The lowest BCUT2D eigenvalue weighted by atomic mass is 10.1. The number of carbonyl (C=O) groups is 1. The third-order valence-corrected chi connectivity index (χ3v) is 5.53. The van der Waals surface area contributed by atoms with Gasteiger partial charge in [-0.15, -0.1) is 0 Å². The highest BCUT2D eigenvalue weighted by molar-refractivity contribution is 7.22. The van der Waals surface area contributed by atoms with Gasteiger partial charge in [0.2, 0.25) is 5.91 Å². The third-order valence-electron chi connectivity index (χ3n) is 4.58. The lowest BCUT2D eigenvalue weighted by molar-refractivity contribution is -0.120. The van der Waals surface area contributed by atoms with Gasteiger partial charge in [-0.25, -0.2) is 9.97 Å². The zero-order valence-electron chi connectivity index (χ0n) is 13.4. The molecule has 1 aliphatic rings. The van der Waals surface area contributed by atoms with Crippen molar-refractivity contribution in [2.75, 3.05) is 18.4 Å². The number of fused-ring (bicyclic) bond motifs is 1. The molecule has 2 atom stereocenters. The molecular formula is C17H19N5OS. The van der Waals surface area contributed by atoms with Gasteiger partial charge >= 0.3 is 0 Å². The lowest BCUT2D eigenvalue weighted by Gasteiger charge is -2.22. The number of rotatable bonds is 4. The summed E-state index contributed by atoms with van der Waals surface area (Å²) in [5.41, 5.74) is 0.921. The van der Waals surface area contributed by atoms with E-state index in [1.807, 2.05) is 37.4 Å². The second-order valence-electron chi connectivity index (χ2n) is 6.11. The number of carbonyl (C=O) groups excluding carboxylic acids is 1. The van der Waals surface area contributed by atoms with Crippen molar-refractivity contribution in [3.63, 3.8) is 0 Å². The summed E-state index contributed by atoms with van der Waals surface area (Å²) in [6.07, 6.45) is 4.65. The van der Waals surface area contributed by atoms with E-state index < -0.39 is 0 Å². The number of para-hydroxylation sites is 1. The molecule has 3 heterocycles. The second-order valence-corrected chi connectivity index (χ2v) is 7.14. The molecular weight excluding hydrogens is 322 g/mol. The van der Waals surface area contributed by atoms with Crippen LogP contribution in [0.3, 0.4) is 0 Å². The predicted molar refractivity (Wildman–Crippen MR) is 95.2 cm³/mol. The number of hydrogen-bond acceptors (Lipinski definition) is 5. The maximum Gasteiger partial charge on any atom is 0.243 e. The van der Waals surface area contributed by atoms with Crippen LogP contribution in [0.4, 0.5) is 5.13 Å². The number of nitrogens with zero attached hydrogens (tertiary/aromatic N) is 3. The van der Waals surface area contributed by atoms with Crippen molar-refractivity contribution in [2.24, 2.45) is 0 Å². The first kappa shape index (κ1) is 15.3. The molecule has 0 radical (unpaired) electrons. The average Bonchev–Trinajstić information content (AvgIpc) is 3.32. The van der Waals surface area contributed by atoms with Crippen molar-refractivity contribution >= 4 is 32.6 Å². The van der Waals surface area contributed by atoms with Gasteiger partial charge in [0, 0.05) is 24.9 Å². The van der Waals surface area contributed by atoms with E-state index in [2.05, 4.69) is 25.2 Å². The Balaban J connectivity index is 1.41. The van der Waals surface area contributed by atoms with Crippen molar-refractivity contribution in [1.29, 1.82) is 0 Å². The Labute approximate surface area is 143 Å². The Kier molecular flexibility index (Phi) is 4.03. The minimum Gasteiger partial charge on any atom is -0.348 e. The molecule has 1 amide bonds. The molecule has 1 saturated heterocycles. The van der Waals surface area contributed by atoms with Crippen LogP contribution in [-0.2, 0) is 4.79 Å². The smallest absolute Gasteiger partial charge is 0.243 e. The van der Waals surface area contributed by atoms with E-state index in [1.54, 1.807) is 6.20 Å². The van der Waals surface area contributed by atoms with Crippen molar-refractivity contribution in [3.8, 4) is 0 Å². The van der Waals surface area contributed by atoms with E-state index in [4.69, 9.17) is 0 Å². The fraction of sp³-hybridized carbons (Fsp3) is 0.353. The molecule has 1 fully saturated rings. The lowest BCUT2D eigenvalue weighted by Crippen LogP contribution is -2.40. The van der Waals surface area contributed by atoms with Gasteiger partial charge in [-0.3, -0.25) is 9.69 Å². The second kappa shape index (κ2) is 6.33. The predicted octanol–water partition coefficient (Wildman–Crippen LogP) is 2.84. The summed E-state index contributed by atoms with van der Waals surface area (Å²) in [5, 5.41) is 3.62. The zero-order chi connectivity index (χ0) is 16.5. The molecule has 4 rings (SSSR count). The minimum atomic E-state index is -0.183. The summed E-state index contributed by atoms with van der Waals surface area (Å²) in [5.74, 6) is 1.38. The number of amides is 1. The van der Waals surface area contributed by atoms with Crippen LogP contribution < -0.4 is 5.32 Å². The number of aromatic amines is 1. The number of likely N-dealkylation sites (tertiary alicyclic amines) is 1. The highest BCUT2D eigenvalue weighted by atomic mass is 32.1. The molecule has 7 heteroatoms. The number of imidazole rings is 1. The first-order chi connectivity index (χ1) is 11.7. The summed E-state index contributed by atoms with van der Waals surface area (Å²) in [6, 6.07) is 7.72. The molecule has 3 aromatic rings. The molecule has 1 aliphatic heterocycles. The first-order valence-electron chi connectivity index (χ1n) is 8.10. The van der Waals surface area contributed by atoms with Gasteiger partial charge < -0.3 is 10.3 Å². The van der Waals surface area contributed by atoms with Crippen LogP contribution in [0.25, 0.3) is 10.2 Å². The van der Waals surface area contributed by atoms with Gasteiger partial charge in [0.1, 0.15) is 5.82 Å². The summed E-state index contributed by atoms with van der Waals surface area (Å²) < 4.78 is 1.08. The van der Waals surface area contributed by atoms with Crippen LogP contribution in [0.5, 0.6) is 0 Å². The Hall–Kier alpha value is -2.25. The zero-order valence-corrected chi connectivity index (χ0v) is 14.2. The molecule has 0 unspecified atom stereocenters. The highest BCUT2D eigenvalue weighted by Crippen LogP contribution is 2.28. The van der Waals surface area contributed by atoms with Gasteiger partial charge in [0.05, 0.1) is 16.3 Å². The van der Waals surface area contributed by atoms with Gasteiger partial charge in [0.15, 0.2) is 5.13 Å². The van der Waals surface area contributed by atoms with Crippen molar-refractivity contribution in [1.82, 2.24) is 19.9 Å². The number of aromatic nitrogens is 3. The van der Waals surface area contributed by atoms with Crippen LogP contribution in [0.2, 0.25) is 0 Å². The maximum atomic E-state index is 12.6. The van der Waals surface area contributed by atoms with Crippen LogP contribution in [-0.4, -0.2) is 44.9 Å². The van der Waals surface area contributed by atoms with E-state index in [1.165, 1.54) is 11.3 Å². The van der Waals surface area contributed by atoms with Crippen molar-refractivity contribution in [3.05, 3.63) is 42.5 Å². The average molecular weight is 341 g/mol. The quantitative estimate of drug-likeness (QED) is 0.765. The van der Waals surface area contributed by atoms with Crippen LogP contribution >= 0.6 is 11.3 Å². The van der Waals surface area contributed by atoms with E-state index in [0.29, 0.717) is 11.0 Å². The van der Waals surface area contributed by atoms with E-state index in [0.717, 1.165) is 35.6 Å². The molecule has 24 heavy (non-hydrogen) atoms. The summed E-state index contributed by atoms with van der Waals surface area (Å²) in [7, 11) is 0. The normalized spacial score (nSPS) is 19.6. The Morgan fingerprint density at radius 2 is 2.33 bits per heavy atom. The van der Waals surface area contributed by atoms with Crippen molar-refractivity contribution < 1.29 is 4.79 Å². The molecule has 1 aromatic carbocycles. The number of hydrogen-bond donors (Lipinski definition) is 2. The fourth-order valence-corrected chi connectivity index (χ4v) is 4.03. The van der Waals surface area contributed by atoms with Gasteiger partial charge in [0.25, 0.3) is 0 Å². The van der Waals surface area contributed by atoms with Gasteiger partial charge in [-0.05, 0) is 32.0 Å². The SMILES string of the molecule is C[C@@H](C(=O)Nc1nc2ccccc2s1)N1CC[C@H](c2ncc[nH]2)C1. The standard InChI is InChI=1S/C17H19N5OS/c1-11(22-9-6-12(10-22)15-18-7-8-19-15)16(23)21-17-20-13-4-2-3-5-14(13)24-17/h2-5,7-8,11-12H,6,9-10H2,1H3,(H,18,19)(H,20,21,23)/t11-,12-/m0/s1. The topological polar surface area (TPSA) is 73.9 Å². The van der Waals surface area contributed by atoms with E-state index >= 15 is 0 Å². The van der Waals surface area contributed by atoms with Gasteiger partial charge in [-0.1, -0.05) is 23.5 Å².